The van der Waals surface area contributed by atoms with Crippen molar-refractivity contribution in [2.45, 2.75) is 93.5 Å². The largest absolute Gasteiger partial charge is 0.445 e. The Hall–Kier alpha value is -3.64. The molecule has 0 saturated carbocycles. The Morgan fingerprint density at radius 3 is 1.69 bits per heavy atom. The normalized spacial score (nSPS) is 11.1. The van der Waals surface area contributed by atoms with E-state index >= 15 is 0 Å². The zero-order chi connectivity index (χ0) is 31.3. The van der Waals surface area contributed by atoms with Crippen molar-refractivity contribution >= 4 is 12.0 Å². The third kappa shape index (κ3) is 14.8. The summed E-state index contributed by atoms with van der Waals surface area (Å²) in [5.41, 5.74) is 10.6. The minimum absolute atomic E-state index is 0.222. The van der Waals surface area contributed by atoms with Crippen LogP contribution in [0.3, 0.4) is 0 Å². The summed E-state index contributed by atoms with van der Waals surface area (Å²) in [5.74, 6) is 0.897. The lowest BCUT2D eigenvalue weighted by molar-refractivity contribution is -0.120. The summed E-state index contributed by atoms with van der Waals surface area (Å²) in [6, 6.07) is 25.2. The third-order valence-corrected chi connectivity index (χ3v) is 6.37. The number of rotatable bonds is 12. The minimum atomic E-state index is -0.466. The monoisotopic (exact) mass is 575 g/mol. The van der Waals surface area contributed by atoms with Crippen LogP contribution in [0.15, 0.2) is 78.9 Å². The SMILES string of the molecule is CC(C)CC(NCc1ccccc1-c1ccccc1CNC(=O)OCc1ccccc1)C(N)=O.CCC.CCC(C)C. The van der Waals surface area contributed by atoms with Gasteiger partial charge in [0.25, 0.3) is 0 Å². The maximum absolute atomic E-state index is 12.2. The minimum Gasteiger partial charge on any atom is -0.445 e. The standard InChI is InChI=1S/C28H33N3O3.C5H12.C3H8/c1-20(2)16-26(27(29)32)30-17-22-12-6-8-14-24(22)25-15-9-7-13-23(25)18-31-28(33)34-19-21-10-4-3-5-11-21;1-4-5(2)3;1-3-2/h3-15,20,26,30H,16-19H2,1-2H3,(H2,29,32)(H,31,33);5H,4H2,1-3H3;3H2,1-2H3. The molecule has 3 aromatic carbocycles. The lowest BCUT2D eigenvalue weighted by Crippen LogP contribution is -2.41. The summed E-state index contributed by atoms with van der Waals surface area (Å²) in [6.45, 7) is 16.1. The molecule has 1 unspecified atom stereocenters. The fourth-order valence-electron chi connectivity index (χ4n) is 3.82. The van der Waals surface area contributed by atoms with Gasteiger partial charge in [-0.05, 0) is 46.1 Å². The van der Waals surface area contributed by atoms with E-state index in [2.05, 4.69) is 59.1 Å². The van der Waals surface area contributed by atoms with Crippen molar-refractivity contribution in [1.29, 1.82) is 0 Å². The zero-order valence-corrected chi connectivity index (χ0v) is 26.8. The van der Waals surface area contributed by atoms with Crippen molar-refractivity contribution in [1.82, 2.24) is 10.6 Å². The summed E-state index contributed by atoms with van der Waals surface area (Å²) in [5, 5.41) is 6.16. The van der Waals surface area contributed by atoms with Gasteiger partial charge in [-0.15, -0.1) is 0 Å². The van der Waals surface area contributed by atoms with E-state index in [-0.39, 0.29) is 18.6 Å². The van der Waals surface area contributed by atoms with Crippen molar-refractivity contribution in [2.24, 2.45) is 17.6 Å². The van der Waals surface area contributed by atoms with Crippen LogP contribution in [0.1, 0.15) is 84.4 Å². The lowest BCUT2D eigenvalue weighted by Gasteiger charge is -2.19. The second-order valence-corrected chi connectivity index (χ2v) is 11.2. The Morgan fingerprint density at radius 2 is 1.21 bits per heavy atom. The maximum atomic E-state index is 12.2. The van der Waals surface area contributed by atoms with E-state index in [4.69, 9.17) is 10.5 Å². The summed E-state index contributed by atoms with van der Waals surface area (Å²) in [7, 11) is 0. The van der Waals surface area contributed by atoms with Gasteiger partial charge >= 0.3 is 6.09 Å². The van der Waals surface area contributed by atoms with Crippen LogP contribution in [0.5, 0.6) is 0 Å². The molecular weight excluding hydrogens is 522 g/mol. The molecule has 230 valence electrons. The molecule has 0 radical (unpaired) electrons. The first-order chi connectivity index (χ1) is 20.1. The van der Waals surface area contributed by atoms with E-state index in [0.29, 0.717) is 25.4 Å². The van der Waals surface area contributed by atoms with Gasteiger partial charge in [0.15, 0.2) is 0 Å². The second-order valence-electron chi connectivity index (χ2n) is 11.2. The highest BCUT2D eigenvalue weighted by Crippen LogP contribution is 2.27. The Morgan fingerprint density at radius 1 is 0.738 bits per heavy atom. The highest BCUT2D eigenvalue weighted by atomic mass is 16.5. The van der Waals surface area contributed by atoms with Crippen LogP contribution in [-0.4, -0.2) is 18.0 Å². The molecule has 2 amide bonds. The molecule has 3 rings (SSSR count). The number of carbonyl (C=O) groups is 2. The van der Waals surface area contributed by atoms with Gasteiger partial charge in [0, 0.05) is 13.1 Å². The Balaban J connectivity index is 0.000000978. The van der Waals surface area contributed by atoms with Gasteiger partial charge in [0.1, 0.15) is 6.61 Å². The quantitative estimate of drug-likeness (QED) is 0.203. The predicted molar refractivity (Wildman–Crippen MR) is 176 cm³/mol. The Labute approximate surface area is 254 Å². The molecule has 0 spiro atoms. The fraction of sp³-hybridized carbons (Fsp3) is 0.444. The predicted octanol–water partition coefficient (Wildman–Crippen LogP) is 8.24. The third-order valence-electron chi connectivity index (χ3n) is 6.37. The molecule has 1 atom stereocenters. The van der Waals surface area contributed by atoms with E-state index in [1.807, 2.05) is 78.9 Å². The summed E-state index contributed by atoms with van der Waals surface area (Å²) < 4.78 is 5.33. The molecule has 0 fully saturated rings. The van der Waals surface area contributed by atoms with E-state index in [9.17, 15) is 9.59 Å². The van der Waals surface area contributed by atoms with Crippen molar-refractivity contribution in [3.8, 4) is 11.1 Å². The second kappa shape index (κ2) is 21.1. The van der Waals surface area contributed by atoms with E-state index in [1.54, 1.807) is 0 Å². The van der Waals surface area contributed by atoms with Gasteiger partial charge in [0.05, 0.1) is 6.04 Å². The molecule has 0 aliphatic carbocycles. The van der Waals surface area contributed by atoms with Crippen LogP contribution >= 0.6 is 0 Å². The number of carbonyl (C=O) groups excluding carboxylic acids is 2. The molecule has 4 N–H and O–H groups in total. The van der Waals surface area contributed by atoms with Gasteiger partial charge in [-0.1, -0.05) is 140 Å². The molecule has 0 saturated heterocycles. The topological polar surface area (TPSA) is 93.4 Å². The van der Waals surface area contributed by atoms with Crippen molar-refractivity contribution in [3.05, 3.63) is 95.6 Å². The number of alkyl carbamates (subject to hydrolysis) is 1. The molecular formula is C36H53N3O3. The van der Waals surface area contributed by atoms with Crippen LogP contribution < -0.4 is 16.4 Å². The molecule has 0 heterocycles. The average Bonchev–Trinajstić information content (AvgIpc) is 2.98. The van der Waals surface area contributed by atoms with Crippen LogP contribution in [0, 0.1) is 11.8 Å². The number of hydrogen-bond donors (Lipinski definition) is 3. The number of amides is 2. The van der Waals surface area contributed by atoms with Gasteiger partial charge in [-0.2, -0.15) is 0 Å². The first-order valence-electron chi connectivity index (χ1n) is 15.3. The van der Waals surface area contributed by atoms with Crippen LogP contribution in [-0.2, 0) is 29.2 Å². The highest BCUT2D eigenvalue weighted by Gasteiger charge is 2.17. The molecule has 0 aromatic heterocycles. The lowest BCUT2D eigenvalue weighted by atomic mass is 9.95. The fourth-order valence-corrected chi connectivity index (χ4v) is 3.82. The van der Waals surface area contributed by atoms with Gasteiger partial charge in [0.2, 0.25) is 5.91 Å². The van der Waals surface area contributed by atoms with Gasteiger partial charge in [-0.3, -0.25) is 4.79 Å². The number of nitrogens with two attached hydrogens (primary N) is 1. The molecule has 6 nitrogen and oxygen atoms in total. The average molecular weight is 576 g/mol. The van der Waals surface area contributed by atoms with Crippen molar-refractivity contribution in [2.75, 3.05) is 0 Å². The van der Waals surface area contributed by atoms with Crippen LogP contribution in [0.2, 0.25) is 0 Å². The molecule has 42 heavy (non-hydrogen) atoms. The van der Waals surface area contributed by atoms with Crippen LogP contribution in [0.25, 0.3) is 11.1 Å². The molecule has 0 bridgehead atoms. The van der Waals surface area contributed by atoms with Gasteiger partial charge < -0.3 is 21.1 Å². The zero-order valence-electron chi connectivity index (χ0n) is 26.8. The first-order valence-corrected chi connectivity index (χ1v) is 15.3. The van der Waals surface area contributed by atoms with Crippen LogP contribution in [0.4, 0.5) is 4.79 Å². The summed E-state index contributed by atoms with van der Waals surface area (Å²) >= 11 is 0. The maximum Gasteiger partial charge on any atom is 0.407 e. The number of nitrogens with one attached hydrogen (secondary N) is 2. The highest BCUT2D eigenvalue weighted by molar-refractivity contribution is 5.80. The Kier molecular flexibility index (Phi) is 18.3. The van der Waals surface area contributed by atoms with Gasteiger partial charge in [-0.25, -0.2) is 4.79 Å². The van der Waals surface area contributed by atoms with Crippen molar-refractivity contribution < 1.29 is 14.3 Å². The molecule has 3 aromatic rings. The number of primary amides is 1. The van der Waals surface area contributed by atoms with Crippen molar-refractivity contribution in [3.63, 3.8) is 0 Å². The first kappa shape index (κ1) is 36.4. The number of ether oxygens (including phenoxy) is 1. The molecule has 0 aliphatic rings. The Bertz CT molecular complexity index is 1160. The number of hydrogen-bond acceptors (Lipinski definition) is 4. The molecule has 0 aliphatic heterocycles. The van der Waals surface area contributed by atoms with E-state index in [1.165, 1.54) is 12.8 Å². The molecule has 6 heteroatoms. The van der Waals surface area contributed by atoms with E-state index in [0.717, 1.165) is 33.7 Å². The smallest absolute Gasteiger partial charge is 0.407 e. The van der Waals surface area contributed by atoms with E-state index < -0.39 is 6.09 Å². The summed E-state index contributed by atoms with van der Waals surface area (Å²) in [4.78, 5) is 24.1. The number of benzene rings is 3. The summed E-state index contributed by atoms with van der Waals surface area (Å²) in [6.07, 6.45) is 2.77.